The zero-order valence-electron chi connectivity index (χ0n) is 12.4. The van der Waals surface area contributed by atoms with Crippen LogP contribution in [0.5, 0.6) is 0 Å². The van der Waals surface area contributed by atoms with Gasteiger partial charge in [0, 0.05) is 26.3 Å². The van der Waals surface area contributed by atoms with Crippen molar-refractivity contribution in [3.63, 3.8) is 0 Å². The predicted octanol–water partition coefficient (Wildman–Crippen LogP) is 2.07. The highest BCUT2D eigenvalue weighted by atomic mass is 16.5. The summed E-state index contributed by atoms with van der Waals surface area (Å²) in [5.74, 6) is 0.109. The molecule has 0 heterocycles. The Kier molecular flexibility index (Phi) is 9.02. The van der Waals surface area contributed by atoms with E-state index in [0.717, 1.165) is 32.1 Å². The van der Waals surface area contributed by atoms with Crippen molar-refractivity contribution in [2.45, 2.75) is 58.9 Å². The summed E-state index contributed by atoms with van der Waals surface area (Å²) in [5, 5.41) is 3.08. The molecule has 0 rings (SSSR count). The average molecular weight is 258 g/mol. The SMILES string of the molecule is CCCC(CN)(CCC)C(=O)NC(C)CCOC. The van der Waals surface area contributed by atoms with Gasteiger partial charge >= 0.3 is 0 Å². The molecule has 0 aliphatic heterocycles. The van der Waals surface area contributed by atoms with E-state index in [2.05, 4.69) is 19.2 Å². The predicted molar refractivity (Wildman–Crippen MR) is 75.4 cm³/mol. The van der Waals surface area contributed by atoms with E-state index < -0.39 is 0 Å². The molecule has 0 bridgehead atoms. The van der Waals surface area contributed by atoms with Crippen molar-refractivity contribution in [3.8, 4) is 0 Å². The van der Waals surface area contributed by atoms with Crippen molar-refractivity contribution >= 4 is 5.91 Å². The van der Waals surface area contributed by atoms with Gasteiger partial charge in [0.2, 0.25) is 5.91 Å². The van der Waals surface area contributed by atoms with Gasteiger partial charge in [-0.2, -0.15) is 0 Å². The van der Waals surface area contributed by atoms with Gasteiger partial charge in [-0.1, -0.05) is 26.7 Å². The van der Waals surface area contributed by atoms with Gasteiger partial charge in [0.15, 0.2) is 0 Å². The molecule has 1 atom stereocenters. The Morgan fingerprint density at radius 1 is 1.33 bits per heavy atom. The van der Waals surface area contributed by atoms with Crippen molar-refractivity contribution < 1.29 is 9.53 Å². The summed E-state index contributed by atoms with van der Waals surface area (Å²) in [6.07, 6.45) is 4.52. The maximum absolute atomic E-state index is 12.4. The van der Waals surface area contributed by atoms with Crippen LogP contribution in [0.3, 0.4) is 0 Å². The molecule has 0 saturated carbocycles. The van der Waals surface area contributed by atoms with Gasteiger partial charge in [-0.05, 0) is 26.2 Å². The van der Waals surface area contributed by atoms with Crippen LogP contribution in [0.25, 0.3) is 0 Å². The molecule has 0 aromatic carbocycles. The second-order valence-corrected chi connectivity index (χ2v) is 5.14. The van der Waals surface area contributed by atoms with Crippen molar-refractivity contribution in [1.82, 2.24) is 5.32 Å². The molecule has 0 radical (unpaired) electrons. The molecule has 18 heavy (non-hydrogen) atoms. The number of nitrogens with two attached hydrogens (primary N) is 1. The Labute approximate surface area is 112 Å². The maximum Gasteiger partial charge on any atom is 0.227 e. The Bertz CT molecular complexity index is 226. The van der Waals surface area contributed by atoms with Crippen LogP contribution in [-0.2, 0) is 9.53 Å². The zero-order chi connectivity index (χ0) is 14.0. The number of carbonyl (C=O) groups is 1. The highest BCUT2D eigenvalue weighted by Crippen LogP contribution is 2.29. The Balaban J connectivity index is 4.53. The fourth-order valence-electron chi connectivity index (χ4n) is 2.35. The number of ether oxygens (including phenoxy) is 1. The number of amides is 1. The molecule has 4 nitrogen and oxygen atoms in total. The first kappa shape index (κ1) is 17.4. The summed E-state index contributed by atoms with van der Waals surface area (Å²) in [6.45, 7) is 7.30. The lowest BCUT2D eigenvalue weighted by Crippen LogP contribution is -2.48. The van der Waals surface area contributed by atoms with Gasteiger partial charge in [0.1, 0.15) is 0 Å². The summed E-state index contributed by atoms with van der Waals surface area (Å²) in [7, 11) is 1.67. The molecule has 0 aromatic rings. The number of hydrogen-bond acceptors (Lipinski definition) is 3. The third-order valence-electron chi connectivity index (χ3n) is 3.46. The van der Waals surface area contributed by atoms with Crippen LogP contribution < -0.4 is 11.1 Å². The third kappa shape index (κ3) is 5.36. The fourth-order valence-corrected chi connectivity index (χ4v) is 2.35. The molecule has 108 valence electrons. The van der Waals surface area contributed by atoms with E-state index >= 15 is 0 Å². The van der Waals surface area contributed by atoms with E-state index in [1.807, 2.05) is 6.92 Å². The van der Waals surface area contributed by atoms with E-state index in [1.54, 1.807) is 7.11 Å². The third-order valence-corrected chi connectivity index (χ3v) is 3.46. The summed E-state index contributed by atoms with van der Waals surface area (Å²) < 4.78 is 5.03. The quantitative estimate of drug-likeness (QED) is 0.630. The number of methoxy groups -OCH3 is 1. The zero-order valence-corrected chi connectivity index (χ0v) is 12.4. The molecule has 0 aliphatic carbocycles. The van der Waals surface area contributed by atoms with Crippen LogP contribution in [0.15, 0.2) is 0 Å². The van der Waals surface area contributed by atoms with Gasteiger partial charge in [0.25, 0.3) is 0 Å². The summed E-state index contributed by atoms with van der Waals surface area (Å²) in [4.78, 5) is 12.4. The van der Waals surface area contributed by atoms with Crippen molar-refractivity contribution in [2.24, 2.45) is 11.1 Å². The summed E-state index contributed by atoms with van der Waals surface area (Å²) >= 11 is 0. The summed E-state index contributed by atoms with van der Waals surface area (Å²) in [5.41, 5.74) is 5.49. The van der Waals surface area contributed by atoms with Crippen LogP contribution in [0.2, 0.25) is 0 Å². The van der Waals surface area contributed by atoms with Crippen molar-refractivity contribution in [1.29, 1.82) is 0 Å². The van der Waals surface area contributed by atoms with Crippen LogP contribution >= 0.6 is 0 Å². The fraction of sp³-hybridized carbons (Fsp3) is 0.929. The monoisotopic (exact) mass is 258 g/mol. The van der Waals surface area contributed by atoms with Crippen LogP contribution in [0.1, 0.15) is 52.9 Å². The van der Waals surface area contributed by atoms with Crippen molar-refractivity contribution in [3.05, 3.63) is 0 Å². The number of nitrogens with one attached hydrogen (secondary N) is 1. The molecule has 4 heteroatoms. The second kappa shape index (κ2) is 9.34. The molecular weight excluding hydrogens is 228 g/mol. The number of carbonyl (C=O) groups excluding carboxylic acids is 1. The van der Waals surface area contributed by atoms with E-state index in [4.69, 9.17) is 10.5 Å². The first-order valence-corrected chi connectivity index (χ1v) is 7.06. The van der Waals surface area contributed by atoms with Crippen molar-refractivity contribution in [2.75, 3.05) is 20.3 Å². The second-order valence-electron chi connectivity index (χ2n) is 5.14. The molecule has 0 aromatic heterocycles. The Hall–Kier alpha value is -0.610. The highest BCUT2D eigenvalue weighted by Gasteiger charge is 2.35. The lowest BCUT2D eigenvalue weighted by molar-refractivity contribution is -0.132. The van der Waals surface area contributed by atoms with Gasteiger partial charge < -0.3 is 15.8 Å². The minimum atomic E-state index is -0.384. The molecular formula is C14H30N2O2. The largest absolute Gasteiger partial charge is 0.385 e. The molecule has 0 fully saturated rings. The highest BCUT2D eigenvalue weighted by molar-refractivity contribution is 5.83. The topological polar surface area (TPSA) is 64.4 Å². The maximum atomic E-state index is 12.4. The average Bonchev–Trinajstić information content (AvgIpc) is 2.35. The Morgan fingerprint density at radius 3 is 2.28 bits per heavy atom. The number of rotatable bonds is 10. The molecule has 0 saturated heterocycles. The normalized spacial score (nSPS) is 13.4. The van der Waals surface area contributed by atoms with Gasteiger partial charge in [-0.15, -0.1) is 0 Å². The number of hydrogen-bond donors (Lipinski definition) is 2. The van der Waals surface area contributed by atoms with Gasteiger partial charge in [-0.25, -0.2) is 0 Å². The van der Waals surface area contributed by atoms with Crippen LogP contribution in [-0.4, -0.2) is 32.2 Å². The molecule has 1 amide bonds. The standard InChI is InChI=1S/C14H30N2O2/c1-5-8-14(11-15,9-6-2)13(17)16-12(3)7-10-18-4/h12H,5-11,15H2,1-4H3,(H,16,17). The summed E-state index contributed by atoms with van der Waals surface area (Å²) in [6, 6.07) is 0.136. The van der Waals surface area contributed by atoms with E-state index in [-0.39, 0.29) is 17.4 Å². The smallest absolute Gasteiger partial charge is 0.227 e. The lowest BCUT2D eigenvalue weighted by atomic mass is 9.78. The minimum Gasteiger partial charge on any atom is -0.385 e. The first-order valence-electron chi connectivity index (χ1n) is 7.06. The molecule has 0 spiro atoms. The first-order chi connectivity index (χ1) is 8.56. The van der Waals surface area contributed by atoms with Crippen LogP contribution in [0.4, 0.5) is 0 Å². The molecule has 1 unspecified atom stereocenters. The van der Waals surface area contributed by atoms with Crippen LogP contribution in [0, 0.1) is 5.41 Å². The Morgan fingerprint density at radius 2 is 1.89 bits per heavy atom. The van der Waals surface area contributed by atoms with Gasteiger partial charge in [-0.3, -0.25) is 4.79 Å². The van der Waals surface area contributed by atoms with Gasteiger partial charge in [0.05, 0.1) is 5.41 Å². The molecule has 0 aliphatic rings. The molecule has 3 N–H and O–H groups in total. The van der Waals surface area contributed by atoms with E-state index in [1.165, 1.54) is 0 Å². The van der Waals surface area contributed by atoms with E-state index in [0.29, 0.717) is 13.2 Å². The lowest BCUT2D eigenvalue weighted by Gasteiger charge is -2.32. The minimum absolute atomic E-state index is 0.109. The van der Waals surface area contributed by atoms with E-state index in [9.17, 15) is 4.79 Å².